The van der Waals surface area contributed by atoms with Crippen LogP contribution in [0.2, 0.25) is 0 Å². The van der Waals surface area contributed by atoms with Crippen molar-refractivity contribution in [1.29, 1.82) is 0 Å². The lowest BCUT2D eigenvalue weighted by Gasteiger charge is -2.19. The highest BCUT2D eigenvalue weighted by molar-refractivity contribution is 5.75. The molecule has 0 saturated carbocycles. The Morgan fingerprint density at radius 2 is 1.05 bits per heavy atom. The third-order valence-corrected chi connectivity index (χ3v) is 6.40. The minimum Gasteiger partial charge on any atom is -0.429 e. The maximum absolute atomic E-state index is 15.1. The van der Waals surface area contributed by atoms with Crippen molar-refractivity contribution >= 4 is 0 Å². The Morgan fingerprint density at radius 3 is 1.66 bits per heavy atom. The van der Waals surface area contributed by atoms with Crippen molar-refractivity contribution in [2.75, 3.05) is 0 Å². The van der Waals surface area contributed by atoms with E-state index in [4.69, 9.17) is 0 Å². The Kier molecular flexibility index (Phi) is 7.29. The van der Waals surface area contributed by atoms with Crippen LogP contribution in [0.5, 0.6) is 5.75 Å². The second-order valence-electron chi connectivity index (χ2n) is 9.26. The van der Waals surface area contributed by atoms with Gasteiger partial charge in [-0.2, -0.15) is 8.78 Å². The molecule has 41 heavy (non-hydrogen) atoms. The van der Waals surface area contributed by atoms with Crippen molar-refractivity contribution in [3.63, 3.8) is 0 Å². The first-order chi connectivity index (χ1) is 19.4. The Morgan fingerprint density at radius 1 is 0.488 bits per heavy atom. The van der Waals surface area contributed by atoms with Gasteiger partial charge in [0.05, 0.1) is 11.1 Å². The summed E-state index contributed by atoms with van der Waals surface area (Å²) >= 11 is 0. The van der Waals surface area contributed by atoms with Crippen LogP contribution in [0.25, 0.3) is 33.4 Å². The van der Waals surface area contributed by atoms with E-state index in [1.54, 1.807) is 13.0 Å². The molecule has 0 bridgehead atoms. The maximum atomic E-state index is 15.1. The Hall–Kier alpha value is -4.66. The van der Waals surface area contributed by atoms with Gasteiger partial charge >= 0.3 is 6.11 Å². The number of halogens is 8. The lowest BCUT2D eigenvalue weighted by molar-refractivity contribution is -0.185. The van der Waals surface area contributed by atoms with Gasteiger partial charge in [-0.25, -0.2) is 26.3 Å². The van der Waals surface area contributed by atoms with E-state index >= 15 is 4.39 Å². The second kappa shape index (κ2) is 10.7. The van der Waals surface area contributed by atoms with Crippen molar-refractivity contribution in [2.45, 2.75) is 13.0 Å². The van der Waals surface area contributed by atoms with Gasteiger partial charge in [-0.05, 0) is 77.7 Å². The smallest absolute Gasteiger partial charge is 0.426 e. The van der Waals surface area contributed by atoms with Gasteiger partial charge in [-0.1, -0.05) is 36.4 Å². The lowest BCUT2D eigenvalue weighted by atomic mass is 9.96. The van der Waals surface area contributed by atoms with Gasteiger partial charge < -0.3 is 4.74 Å². The zero-order valence-corrected chi connectivity index (χ0v) is 21.1. The number of rotatable bonds is 6. The summed E-state index contributed by atoms with van der Waals surface area (Å²) in [6.45, 7) is 1.67. The highest BCUT2D eigenvalue weighted by Gasteiger charge is 2.35. The van der Waals surface area contributed by atoms with Gasteiger partial charge in [0.2, 0.25) is 0 Å². The van der Waals surface area contributed by atoms with E-state index < -0.39 is 57.9 Å². The van der Waals surface area contributed by atoms with E-state index in [-0.39, 0.29) is 27.8 Å². The summed E-state index contributed by atoms with van der Waals surface area (Å²) < 4.78 is 119. The van der Waals surface area contributed by atoms with Crippen LogP contribution in [0.4, 0.5) is 35.1 Å². The molecule has 0 radical (unpaired) electrons. The molecule has 0 unspecified atom stereocenters. The summed E-state index contributed by atoms with van der Waals surface area (Å²) in [5.41, 5.74) is -0.530. The molecule has 0 aliphatic heterocycles. The van der Waals surface area contributed by atoms with Crippen LogP contribution in [0, 0.1) is 41.8 Å². The number of benzene rings is 5. The first-order valence-corrected chi connectivity index (χ1v) is 12.1. The fraction of sp³-hybridized carbons (Fsp3) is 0.0625. The van der Waals surface area contributed by atoms with Gasteiger partial charge in [-0.15, -0.1) is 0 Å². The predicted molar refractivity (Wildman–Crippen MR) is 138 cm³/mol. The van der Waals surface area contributed by atoms with Crippen LogP contribution in [0.3, 0.4) is 0 Å². The van der Waals surface area contributed by atoms with Gasteiger partial charge in [0.1, 0.15) is 29.0 Å². The standard InChI is InChI=1S/C32H18F8O/c1-17-2-9-24(26(34)12-17)20-14-29(37)31(30(38)15-20)19-5-10-23(27(35)13-19)18-3-6-21(7-4-18)32(39,40)41-22-8-11-25(33)28(36)16-22/h2-16H,1H3. The third-order valence-electron chi connectivity index (χ3n) is 6.40. The fourth-order valence-corrected chi connectivity index (χ4v) is 4.35. The number of ether oxygens (including phenoxy) is 1. The molecule has 0 heterocycles. The normalized spacial score (nSPS) is 11.5. The molecule has 0 fully saturated rings. The van der Waals surface area contributed by atoms with Gasteiger partial charge in [-0.3, -0.25) is 0 Å². The summed E-state index contributed by atoms with van der Waals surface area (Å²) in [6.07, 6.45) is -3.92. The number of aryl methyl sites for hydroxylation is 1. The Labute approximate surface area is 229 Å². The molecular weight excluding hydrogens is 552 g/mol. The minimum absolute atomic E-state index is 0.00531. The fourth-order valence-electron chi connectivity index (χ4n) is 4.35. The Balaban J connectivity index is 1.40. The molecule has 0 aromatic heterocycles. The Bertz CT molecular complexity index is 1740. The molecule has 0 saturated heterocycles. The molecule has 0 N–H and O–H groups in total. The summed E-state index contributed by atoms with van der Waals surface area (Å²) in [5.74, 6) is -6.77. The quantitative estimate of drug-likeness (QED) is 0.185. The molecule has 9 heteroatoms. The predicted octanol–water partition coefficient (Wildman–Crippen LogP) is 9.96. The first kappa shape index (κ1) is 27.9. The molecule has 5 rings (SSSR count). The molecule has 0 spiro atoms. The van der Waals surface area contributed by atoms with Crippen LogP contribution < -0.4 is 4.74 Å². The number of hydrogen-bond donors (Lipinski definition) is 0. The zero-order chi connectivity index (χ0) is 29.5. The van der Waals surface area contributed by atoms with E-state index in [0.717, 1.165) is 36.4 Å². The molecule has 0 aliphatic carbocycles. The van der Waals surface area contributed by atoms with Gasteiger partial charge in [0, 0.05) is 17.2 Å². The van der Waals surface area contributed by atoms with E-state index in [2.05, 4.69) is 4.74 Å². The molecule has 0 aliphatic rings. The highest BCUT2D eigenvalue weighted by Crippen LogP contribution is 2.36. The maximum Gasteiger partial charge on any atom is 0.426 e. The number of hydrogen-bond acceptors (Lipinski definition) is 1. The first-order valence-electron chi connectivity index (χ1n) is 12.1. The SMILES string of the molecule is Cc1ccc(-c2cc(F)c(-c3ccc(-c4ccc(C(F)(F)Oc5ccc(F)c(F)c5)cc4)c(F)c3)c(F)c2)c(F)c1. The molecule has 0 amide bonds. The minimum atomic E-state index is -3.92. The molecule has 5 aromatic rings. The van der Waals surface area contributed by atoms with E-state index in [0.29, 0.717) is 17.7 Å². The van der Waals surface area contributed by atoms with Crippen molar-refractivity contribution in [1.82, 2.24) is 0 Å². The summed E-state index contributed by atoms with van der Waals surface area (Å²) in [6, 6.07) is 15.8. The van der Waals surface area contributed by atoms with Crippen LogP contribution >= 0.6 is 0 Å². The third kappa shape index (κ3) is 5.66. The van der Waals surface area contributed by atoms with Crippen molar-refractivity contribution in [3.8, 4) is 39.1 Å². The van der Waals surface area contributed by atoms with Crippen LogP contribution in [0.15, 0.2) is 91.0 Å². The van der Waals surface area contributed by atoms with E-state index in [1.807, 2.05) is 0 Å². The van der Waals surface area contributed by atoms with Crippen molar-refractivity contribution in [3.05, 3.63) is 137 Å². The second-order valence-corrected chi connectivity index (χ2v) is 9.26. The number of alkyl halides is 2. The average Bonchev–Trinajstić information content (AvgIpc) is 2.90. The van der Waals surface area contributed by atoms with Gasteiger partial charge in [0.15, 0.2) is 11.6 Å². The zero-order valence-electron chi connectivity index (χ0n) is 21.1. The van der Waals surface area contributed by atoms with Crippen molar-refractivity contribution < 1.29 is 39.9 Å². The summed E-state index contributed by atoms with van der Waals surface area (Å²) in [7, 11) is 0. The molecule has 0 atom stereocenters. The topological polar surface area (TPSA) is 9.23 Å². The van der Waals surface area contributed by atoms with E-state index in [1.165, 1.54) is 36.4 Å². The average molecular weight is 570 g/mol. The molecule has 1 nitrogen and oxygen atoms in total. The van der Waals surface area contributed by atoms with Gasteiger partial charge in [0.25, 0.3) is 0 Å². The van der Waals surface area contributed by atoms with E-state index in [9.17, 15) is 30.7 Å². The summed E-state index contributed by atoms with van der Waals surface area (Å²) in [5, 5.41) is 0. The molecule has 208 valence electrons. The van der Waals surface area contributed by atoms with Crippen LogP contribution in [-0.2, 0) is 6.11 Å². The molecule has 5 aromatic carbocycles. The van der Waals surface area contributed by atoms with Crippen LogP contribution in [-0.4, -0.2) is 0 Å². The largest absolute Gasteiger partial charge is 0.429 e. The molecular formula is C32H18F8O. The monoisotopic (exact) mass is 570 g/mol. The van der Waals surface area contributed by atoms with Crippen molar-refractivity contribution in [2.24, 2.45) is 0 Å². The summed E-state index contributed by atoms with van der Waals surface area (Å²) in [4.78, 5) is 0. The lowest BCUT2D eigenvalue weighted by Crippen LogP contribution is -2.21. The highest BCUT2D eigenvalue weighted by atomic mass is 19.3. The van der Waals surface area contributed by atoms with Crippen LogP contribution in [0.1, 0.15) is 11.1 Å².